The van der Waals surface area contributed by atoms with E-state index in [0.717, 1.165) is 12.8 Å². The molecular formula is C9H17ClFOP. The Morgan fingerprint density at radius 1 is 1.62 bits per heavy atom. The van der Waals surface area contributed by atoms with Gasteiger partial charge in [0.25, 0.3) is 0 Å². The van der Waals surface area contributed by atoms with Crippen molar-refractivity contribution in [1.82, 2.24) is 0 Å². The lowest BCUT2D eigenvalue weighted by atomic mass is 9.98. The van der Waals surface area contributed by atoms with Gasteiger partial charge in [0, 0.05) is 0 Å². The normalized spacial score (nSPS) is 39.8. The van der Waals surface area contributed by atoms with Gasteiger partial charge in [-0.25, -0.2) is 4.39 Å². The molecule has 0 bridgehead atoms. The van der Waals surface area contributed by atoms with Crippen LogP contribution in [0.15, 0.2) is 0 Å². The number of rotatable bonds is 2. The molecule has 1 saturated carbocycles. The van der Waals surface area contributed by atoms with Crippen LogP contribution in [-0.4, -0.2) is 23.6 Å². The maximum Gasteiger partial charge on any atom is 0.128 e. The van der Waals surface area contributed by atoms with Gasteiger partial charge < -0.3 is 4.57 Å². The topological polar surface area (TPSA) is 17.1 Å². The molecule has 0 saturated heterocycles. The summed E-state index contributed by atoms with van der Waals surface area (Å²) in [6, 6.07) is 0. The monoisotopic (exact) mass is 226 g/mol. The van der Waals surface area contributed by atoms with Crippen LogP contribution in [0.1, 0.15) is 32.6 Å². The van der Waals surface area contributed by atoms with Crippen molar-refractivity contribution in [2.75, 3.05) is 12.8 Å². The Morgan fingerprint density at radius 3 is 2.69 bits per heavy atom. The van der Waals surface area contributed by atoms with Crippen molar-refractivity contribution in [2.24, 2.45) is 0 Å². The summed E-state index contributed by atoms with van der Waals surface area (Å²) in [6.45, 7) is 3.46. The predicted molar refractivity (Wildman–Crippen MR) is 56.0 cm³/mol. The van der Waals surface area contributed by atoms with Crippen molar-refractivity contribution >= 4 is 18.7 Å². The Labute approximate surface area is 84.4 Å². The minimum Gasteiger partial charge on any atom is -0.322 e. The third-order valence-corrected chi connectivity index (χ3v) is 7.89. The summed E-state index contributed by atoms with van der Waals surface area (Å²) in [4.78, 5) is 0. The third-order valence-electron chi connectivity index (χ3n) is 3.10. The highest BCUT2D eigenvalue weighted by Crippen LogP contribution is 2.63. The second-order valence-electron chi connectivity index (χ2n) is 3.95. The van der Waals surface area contributed by atoms with E-state index >= 15 is 0 Å². The van der Waals surface area contributed by atoms with Gasteiger partial charge in [-0.05, 0) is 25.7 Å². The summed E-state index contributed by atoms with van der Waals surface area (Å²) in [7, 11) is -2.53. The van der Waals surface area contributed by atoms with Gasteiger partial charge in [-0.1, -0.05) is 19.8 Å². The van der Waals surface area contributed by atoms with Crippen LogP contribution in [0.3, 0.4) is 0 Å². The molecule has 1 nitrogen and oxygen atoms in total. The van der Waals surface area contributed by atoms with Gasteiger partial charge >= 0.3 is 0 Å². The van der Waals surface area contributed by atoms with E-state index in [0.29, 0.717) is 19.0 Å². The van der Waals surface area contributed by atoms with E-state index in [2.05, 4.69) is 0 Å². The minimum absolute atomic E-state index is 0.474. The second kappa shape index (κ2) is 3.90. The lowest BCUT2D eigenvalue weighted by molar-refractivity contribution is 0.232. The highest BCUT2D eigenvalue weighted by Gasteiger charge is 2.49. The molecule has 13 heavy (non-hydrogen) atoms. The summed E-state index contributed by atoms with van der Waals surface area (Å²) >= 11 is 6.18. The molecule has 0 aromatic carbocycles. The van der Waals surface area contributed by atoms with Gasteiger partial charge in [-0.2, -0.15) is 0 Å². The lowest BCUT2D eigenvalue weighted by Gasteiger charge is -2.38. The average Bonchev–Trinajstić information content (AvgIpc) is 2.10. The van der Waals surface area contributed by atoms with Crippen molar-refractivity contribution in [2.45, 2.75) is 43.4 Å². The Balaban J connectivity index is 2.90. The van der Waals surface area contributed by atoms with Gasteiger partial charge in [0.05, 0.1) is 0 Å². The first-order chi connectivity index (χ1) is 5.94. The van der Waals surface area contributed by atoms with Crippen LogP contribution in [0, 0.1) is 0 Å². The first-order valence-corrected chi connectivity index (χ1v) is 7.55. The summed E-state index contributed by atoms with van der Waals surface area (Å²) < 4.78 is 24.7. The zero-order valence-electron chi connectivity index (χ0n) is 8.22. The molecule has 0 aliphatic heterocycles. The van der Waals surface area contributed by atoms with E-state index in [1.54, 1.807) is 6.66 Å². The molecule has 3 unspecified atom stereocenters. The van der Waals surface area contributed by atoms with Gasteiger partial charge in [-0.15, -0.1) is 11.6 Å². The van der Waals surface area contributed by atoms with Crippen molar-refractivity contribution in [3.05, 3.63) is 0 Å². The van der Waals surface area contributed by atoms with E-state index in [-0.39, 0.29) is 0 Å². The molecule has 78 valence electrons. The summed E-state index contributed by atoms with van der Waals surface area (Å²) in [5, 5.41) is 0. The van der Waals surface area contributed by atoms with Crippen molar-refractivity contribution in [3.63, 3.8) is 0 Å². The lowest BCUT2D eigenvalue weighted by Crippen LogP contribution is -2.37. The van der Waals surface area contributed by atoms with Crippen LogP contribution in [0.4, 0.5) is 4.39 Å². The molecule has 0 spiro atoms. The average molecular weight is 227 g/mol. The van der Waals surface area contributed by atoms with E-state index < -0.39 is 17.9 Å². The highest BCUT2D eigenvalue weighted by molar-refractivity contribution is 7.66. The summed E-state index contributed by atoms with van der Waals surface area (Å²) in [5.41, 5.74) is 0. The first kappa shape index (κ1) is 11.5. The largest absolute Gasteiger partial charge is 0.322 e. The van der Waals surface area contributed by atoms with E-state index in [1.807, 2.05) is 6.92 Å². The van der Waals surface area contributed by atoms with E-state index in [9.17, 15) is 8.96 Å². The van der Waals surface area contributed by atoms with Crippen LogP contribution >= 0.6 is 18.7 Å². The Kier molecular flexibility index (Phi) is 3.46. The van der Waals surface area contributed by atoms with Crippen LogP contribution in [0.25, 0.3) is 0 Å². The summed E-state index contributed by atoms with van der Waals surface area (Å²) in [6.07, 6.45) is 2.23. The van der Waals surface area contributed by atoms with Crippen molar-refractivity contribution in [3.8, 4) is 0 Å². The maximum absolute atomic E-state index is 13.6. The molecule has 1 aliphatic rings. The maximum atomic E-state index is 13.6. The van der Waals surface area contributed by atoms with Gasteiger partial charge in [0.1, 0.15) is 17.9 Å². The van der Waals surface area contributed by atoms with Crippen molar-refractivity contribution < 1.29 is 8.96 Å². The van der Waals surface area contributed by atoms with Crippen molar-refractivity contribution in [1.29, 1.82) is 0 Å². The SMILES string of the molecule is CCP(C)(=O)C1(Cl)CCCCC1F. The number of hydrogen-bond acceptors (Lipinski definition) is 1. The number of halogens is 2. The molecule has 3 atom stereocenters. The van der Waals surface area contributed by atoms with Gasteiger partial charge in [0.2, 0.25) is 0 Å². The zero-order chi connectivity index (χ0) is 10.1. The Bertz CT molecular complexity index is 234. The molecular weight excluding hydrogens is 210 g/mol. The predicted octanol–water partition coefficient (Wildman–Crippen LogP) is 3.85. The van der Waals surface area contributed by atoms with Crippen LogP contribution in [0.2, 0.25) is 0 Å². The van der Waals surface area contributed by atoms with Gasteiger partial charge in [-0.3, -0.25) is 0 Å². The van der Waals surface area contributed by atoms with Crippen LogP contribution in [-0.2, 0) is 4.57 Å². The second-order valence-corrected chi connectivity index (χ2v) is 8.52. The zero-order valence-corrected chi connectivity index (χ0v) is 9.87. The third kappa shape index (κ3) is 1.94. The van der Waals surface area contributed by atoms with E-state index in [4.69, 9.17) is 11.6 Å². The fraction of sp³-hybridized carbons (Fsp3) is 1.00. The van der Waals surface area contributed by atoms with Crippen LogP contribution in [0.5, 0.6) is 0 Å². The fourth-order valence-electron chi connectivity index (χ4n) is 1.87. The standard InChI is InChI=1S/C9H17ClFOP/c1-3-13(2,12)9(10)7-5-4-6-8(9)11/h8H,3-7H2,1-2H3. The molecule has 0 aromatic rings. The fourth-order valence-corrected chi connectivity index (χ4v) is 4.35. The summed E-state index contributed by atoms with van der Waals surface area (Å²) in [5.74, 6) is 0. The Morgan fingerprint density at radius 2 is 2.23 bits per heavy atom. The molecule has 0 N–H and O–H groups in total. The minimum atomic E-state index is -2.53. The Hall–Kier alpha value is 0.450. The first-order valence-electron chi connectivity index (χ1n) is 4.83. The molecule has 0 amide bonds. The molecule has 1 fully saturated rings. The van der Waals surface area contributed by atoms with E-state index in [1.165, 1.54) is 0 Å². The molecule has 0 radical (unpaired) electrons. The number of hydrogen-bond donors (Lipinski definition) is 0. The molecule has 4 heteroatoms. The number of alkyl halides is 2. The molecule has 0 heterocycles. The molecule has 0 aromatic heterocycles. The smallest absolute Gasteiger partial charge is 0.128 e. The van der Waals surface area contributed by atoms with Crippen LogP contribution < -0.4 is 0 Å². The molecule has 1 rings (SSSR count). The quantitative estimate of drug-likeness (QED) is 0.516. The van der Waals surface area contributed by atoms with Gasteiger partial charge in [0.15, 0.2) is 0 Å². The molecule has 1 aliphatic carbocycles. The highest BCUT2D eigenvalue weighted by atomic mass is 35.5.